The standard InChI is InChI=1S/C25H30N4O2.3ClH/c1-2-28-25(30)23-6-8-24(9-7-23)31-18-4-16-29(20-22-10-14-26-15-11-22)17-12-21-5-3-13-27-19-21;;;/h3,5-11,13-15,19H,2,4,12,16-18,20H2,1H3,(H,28,30);3*1H. The predicted octanol–water partition coefficient (Wildman–Crippen LogP) is 5.01. The van der Waals surface area contributed by atoms with E-state index in [-0.39, 0.29) is 43.1 Å². The molecule has 0 aliphatic heterocycles. The van der Waals surface area contributed by atoms with E-state index in [9.17, 15) is 4.79 Å². The fraction of sp³-hybridized carbons (Fsp3) is 0.320. The SMILES string of the molecule is CCNC(=O)c1ccc(OCCCN(CCc2cccnc2)Cc2ccncc2)cc1.Cl.Cl.Cl. The molecule has 0 saturated carbocycles. The Hall–Kier alpha value is -2.38. The van der Waals surface area contributed by atoms with Crippen LogP contribution in [0.15, 0.2) is 73.3 Å². The van der Waals surface area contributed by atoms with Gasteiger partial charge in [-0.15, -0.1) is 37.2 Å². The number of amides is 1. The second-order valence-electron chi connectivity index (χ2n) is 7.33. The van der Waals surface area contributed by atoms with Crippen LogP contribution in [0, 0.1) is 0 Å². The largest absolute Gasteiger partial charge is 0.494 e. The van der Waals surface area contributed by atoms with Gasteiger partial charge in [0.1, 0.15) is 5.75 Å². The van der Waals surface area contributed by atoms with E-state index in [0.717, 1.165) is 38.2 Å². The normalized spacial score (nSPS) is 9.82. The first-order valence-electron chi connectivity index (χ1n) is 10.8. The third kappa shape index (κ3) is 11.2. The van der Waals surface area contributed by atoms with Gasteiger partial charge in [-0.05, 0) is 73.4 Å². The molecule has 1 N–H and O–H groups in total. The molecule has 0 radical (unpaired) electrons. The minimum Gasteiger partial charge on any atom is -0.494 e. The Morgan fingerprint density at radius 2 is 1.65 bits per heavy atom. The van der Waals surface area contributed by atoms with E-state index in [1.807, 2.05) is 43.7 Å². The summed E-state index contributed by atoms with van der Waals surface area (Å²) in [6.07, 6.45) is 9.28. The molecule has 0 fully saturated rings. The Labute approximate surface area is 220 Å². The molecule has 0 spiro atoms. The number of rotatable bonds is 12. The summed E-state index contributed by atoms with van der Waals surface area (Å²) < 4.78 is 5.89. The molecule has 0 aliphatic carbocycles. The summed E-state index contributed by atoms with van der Waals surface area (Å²) in [6, 6.07) is 15.5. The van der Waals surface area contributed by atoms with Crippen LogP contribution in [-0.2, 0) is 13.0 Å². The van der Waals surface area contributed by atoms with Gasteiger partial charge >= 0.3 is 0 Å². The monoisotopic (exact) mass is 526 g/mol. The molecule has 0 atom stereocenters. The molecule has 0 unspecified atom stereocenters. The quantitative estimate of drug-likeness (QED) is 0.336. The van der Waals surface area contributed by atoms with Crippen LogP contribution in [0.1, 0.15) is 34.8 Å². The van der Waals surface area contributed by atoms with Crippen LogP contribution in [0.3, 0.4) is 0 Å². The minimum atomic E-state index is -0.0607. The fourth-order valence-corrected chi connectivity index (χ4v) is 3.29. The van der Waals surface area contributed by atoms with E-state index >= 15 is 0 Å². The van der Waals surface area contributed by atoms with Gasteiger partial charge in [0.05, 0.1) is 6.61 Å². The van der Waals surface area contributed by atoms with E-state index in [4.69, 9.17) is 4.74 Å². The Kier molecular flexibility index (Phi) is 16.8. The lowest BCUT2D eigenvalue weighted by Crippen LogP contribution is -2.28. The first kappa shape index (κ1) is 31.6. The smallest absolute Gasteiger partial charge is 0.251 e. The second kappa shape index (κ2) is 18.0. The second-order valence-corrected chi connectivity index (χ2v) is 7.33. The highest BCUT2D eigenvalue weighted by molar-refractivity contribution is 5.94. The molecule has 0 saturated heterocycles. The number of nitrogens with one attached hydrogen (secondary N) is 1. The van der Waals surface area contributed by atoms with Gasteiger partial charge in [-0.1, -0.05) is 6.07 Å². The van der Waals surface area contributed by atoms with Crippen LogP contribution in [0.25, 0.3) is 0 Å². The van der Waals surface area contributed by atoms with E-state index in [1.54, 1.807) is 18.3 Å². The maximum atomic E-state index is 11.8. The van der Waals surface area contributed by atoms with Crippen molar-refractivity contribution in [3.8, 4) is 5.75 Å². The van der Waals surface area contributed by atoms with Crippen LogP contribution < -0.4 is 10.1 Å². The average molecular weight is 528 g/mol. The first-order chi connectivity index (χ1) is 15.2. The van der Waals surface area contributed by atoms with Crippen molar-refractivity contribution in [2.75, 3.05) is 26.2 Å². The number of nitrogens with zero attached hydrogens (tertiary/aromatic N) is 3. The van der Waals surface area contributed by atoms with E-state index in [0.29, 0.717) is 18.7 Å². The Morgan fingerprint density at radius 3 is 2.29 bits per heavy atom. The van der Waals surface area contributed by atoms with Gasteiger partial charge < -0.3 is 10.1 Å². The summed E-state index contributed by atoms with van der Waals surface area (Å²) in [5.41, 5.74) is 3.14. The van der Waals surface area contributed by atoms with Gasteiger partial charge in [-0.3, -0.25) is 19.7 Å². The summed E-state index contributed by atoms with van der Waals surface area (Å²) in [4.78, 5) is 22.6. The molecule has 0 bridgehead atoms. The third-order valence-corrected chi connectivity index (χ3v) is 4.94. The highest BCUT2D eigenvalue weighted by atomic mass is 35.5. The zero-order valence-electron chi connectivity index (χ0n) is 19.3. The molecule has 34 heavy (non-hydrogen) atoms. The molecule has 2 aromatic heterocycles. The zero-order valence-corrected chi connectivity index (χ0v) is 21.7. The number of carbonyl (C=O) groups excluding carboxylic acids is 1. The van der Waals surface area contributed by atoms with E-state index in [2.05, 4.69) is 38.4 Å². The molecule has 2 heterocycles. The molecular formula is C25H33Cl3N4O2. The van der Waals surface area contributed by atoms with Crippen LogP contribution in [0.5, 0.6) is 5.75 Å². The van der Waals surface area contributed by atoms with Crippen LogP contribution in [0.4, 0.5) is 0 Å². The number of hydrogen-bond donors (Lipinski definition) is 1. The van der Waals surface area contributed by atoms with Crippen molar-refractivity contribution in [3.63, 3.8) is 0 Å². The molecule has 9 heteroatoms. The number of aromatic nitrogens is 2. The molecular weight excluding hydrogens is 495 g/mol. The lowest BCUT2D eigenvalue weighted by molar-refractivity contribution is 0.0956. The van der Waals surface area contributed by atoms with Gasteiger partial charge in [0.2, 0.25) is 0 Å². The number of carbonyl (C=O) groups is 1. The van der Waals surface area contributed by atoms with Crippen molar-refractivity contribution in [1.82, 2.24) is 20.2 Å². The zero-order chi connectivity index (χ0) is 21.7. The highest BCUT2D eigenvalue weighted by Gasteiger charge is 2.08. The maximum Gasteiger partial charge on any atom is 0.251 e. The molecule has 1 amide bonds. The van der Waals surface area contributed by atoms with Crippen molar-refractivity contribution in [2.24, 2.45) is 0 Å². The summed E-state index contributed by atoms with van der Waals surface area (Å²) in [7, 11) is 0. The van der Waals surface area contributed by atoms with Crippen molar-refractivity contribution in [2.45, 2.75) is 26.3 Å². The first-order valence-corrected chi connectivity index (χ1v) is 10.8. The lowest BCUT2D eigenvalue weighted by Gasteiger charge is -2.22. The Morgan fingerprint density at radius 1 is 0.912 bits per heavy atom. The highest BCUT2D eigenvalue weighted by Crippen LogP contribution is 2.13. The van der Waals surface area contributed by atoms with Crippen molar-refractivity contribution in [3.05, 3.63) is 90.0 Å². The summed E-state index contributed by atoms with van der Waals surface area (Å²) in [5.74, 6) is 0.721. The van der Waals surface area contributed by atoms with Gasteiger partial charge in [0.15, 0.2) is 0 Å². The lowest BCUT2D eigenvalue weighted by atomic mass is 10.2. The summed E-state index contributed by atoms with van der Waals surface area (Å²) in [6.45, 7) is 5.91. The summed E-state index contributed by atoms with van der Waals surface area (Å²) >= 11 is 0. The number of pyridine rings is 2. The van der Waals surface area contributed by atoms with Gasteiger partial charge in [0.25, 0.3) is 5.91 Å². The molecule has 0 aliphatic rings. The van der Waals surface area contributed by atoms with Crippen LogP contribution in [0.2, 0.25) is 0 Å². The number of ether oxygens (including phenoxy) is 1. The van der Waals surface area contributed by atoms with Gasteiger partial charge in [-0.25, -0.2) is 0 Å². The third-order valence-electron chi connectivity index (χ3n) is 4.94. The predicted molar refractivity (Wildman–Crippen MR) is 144 cm³/mol. The maximum absolute atomic E-state index is 11.8. The fourth-order valence-electron chi connectivity index (χ4n) is 3.29. The van der Waals surface area contributed by atoms with Crippen molar-refractivity contribution >= 4 is 43.1 Å². The molecule has 1 aromatic carbocycles. The number of hydrogen-bond acceptors (Lipinski definition) is 5. The van der Waals surface area contributed by atoms with Gasteiger partial charge in [-0.2, -0.15) is 0 Å². The Bertz CT molecular complexity index is 916. The molecule has 3 rings (SSSR count). The molecule has 6 nitrogen and oxygen atoms in total. The summed E-state index contributed by atoms with van der Waals surface area (Å²) in [5, 5.41) is 2.80. The van der Waals surface area contributed by atoms with Crippen LogP contribution in [-0.4, -0.2) is 47.0 Å². The molecule has 186 valence electrons. The number of halogens is 3. The van der Waals surface area contributed by atoms with E-state index < -0.39 is 0 Å². The number of benzene rings is 1. The van der Waals surface area contributed by atoms with Crippen molar-refractivity contribution in [1.29, 1.82) is 0 Å². The molecule has 3 aromatic rings. The van der Waals surface area contributed by atoms with Crippen LogP contribution >= 0.6 is 37.2 Å². The van der Waals surface area contributed by atoms with E-state index in [1.165, 1.54) is 11.1 Å². The van der Waals surface area contributed by atoms with Crippen molar-refractivity contribution < 1.29 is 9.53 Å². The van der Waals surface area contributed by atoms with Gasteiger partial charge in [0, 0.05) is 56.5 Å². The minimum absolute atomic E-state index is 0. The Balaban J connectivity index is 0.00000363. The topological polar surface area (TPSA) is 67.3 Å². The average Bonchev–Trinajstić information content (AvgIpc) is 2.82.